The van der Waals surface area contributed by atoms with Gasteiger partial charge in [-0.1, -0.05) is 6.92 Å². The molecule has 0 aromatic heterocycles. The predicted octanol–water partition coefficient (Wildman–Crippen LogP) is 0.512. The van der Waals surface area contributed by atoms with Crippen LogP contribution in [0.4, 0.5) is 0 Å². The van der Waals surface area contributed by atoms with E-state index in [1.165, 1.54) is 12.8 Å². The fourth-order valence-electron chi connectivity index (χ4n) is 1.02. The summed E-state index contributed by atoms with van der Waals surface area (Å²) in [7, 11) is 0. The van der Waals surface area contributed by atoms with Crippen LogP contribution in [-0.4, -0.2) is 25.5 Å². The third-order valence-corrected chi connectivity index (χ3v) is 2.00. The van der Waals surface area contributed by atoms with Crippen LogP contribution in [0.3, 0.4) is 0 Å². The van der Waals surface area contributed by atoms with Gasteiger partial charge in [0, 0.05) is 6.54 Å². The van der Waals surface area contributed by atoms with E-state index in [2.05, 4.69) is 17.6 Å². The Morgan fingerprint density at radius 3 is 2.83 bits per heavy atom. The van der Waals surface area contributed by atoms with Gasteiger partial charge in [-0.3, -0.25) is 4.79 Å². The molecule has 0 radical (unpaired) electrons. The lowest BCUT2D eigenvalue weighted by atomic mass is 10.4. The van der Waals surface area contributed by atoms with Gasteiger partial charge >= 0.3 is 0 Å². The van der Waals surface area contributed by atoms with E-state index in [4.69, 9.17) is 0 Å². The first-order chi connectivity index (χ1) is 5.83. The van der Waals surface area contributed by atoms with Gasteiger partial charge in [0.05, 0.1) is 6.54 Å². The molecule has 1 saturated carbocycles. The molecule has 1 aliphatic carbocycles. The summed E-state index contributed by atoms with van der Waals surface area (Å²) in [4.78, 5) is 11.1. The van der Waals surface area contributed by atoms with E-state index in [1.807, 2.05) is 0 Å². The van der Waals surface area contributed by atoms with E-state index in [-0.39, 0.29) is 5.91 Å². The van der Waals surface area contributed by atoms with Crippen molar-refractivity contribution in [1.29, 1.82) is 0 Å². The first-order valence-corrected chi connectivity index (χ1v) is 4.80. The summed E-state index contributed by atoms with van der Waals surface area (Å²) in [5.41, 5.74) is 0. The Bertz CT molecular complexity index is 143. The highest BCUT2D eigenvalue weighted by Gasteiger charge is 2.21. The number of carbonyl (C=O) groups excluding carboxylic acids is 1. The minimum Gasteiger partial charge on any atom is -0.355 e. The topological polar surface area (TPSA) is 41.1 Å². The van der Waals surface area contributed by atoms with Crippen LogP contribution in [0.5, 0.6) is 0 Å². The second-order valence-electron chi connectivity index (χ2n) is 3.42. The number of hydrogen-bond donors (Lipinski definition) is 2. The normalized spacial score (nSPS) is 16.1. The first kappa shape index (κ1) is 9.52. The highest BCUT2D eigenvalue weighted by Crippen LogP contribution is 2.27. The molecule has 3 nitrogen and oxygen atoms in total. The molecule has 2 N–H and O–H groups in total. The fourth-order valence-corrected chi connectivity index (χ4v) is 1.02. The van der Waals surface area contributed by atoms with Crippen molar-refractivity contribution in [3.8, 4) is 0 Å². The van der Waals surface area contributed by atoms with Gasteiger partial charge in [0.15, 0.2) is 0 Å². The largest absolute Gasteiger partial charge is 0.355 e. The molecule has 3 heteroatoms. The van der Waals surface area contributed by atoms with E-state index >= 15 is 0 Å². The summed E-state index contributed by atoms with van der Waals surface area (Å²) in [6, 6.07) is 0. The molecule has 12 heavy (non-hydrogen) atoms. The molecule has 0 aliphatic heterocycles. The maximum atomic E-state index is 11.1. The van der Waals surface area contributed by atoms with Crippen LogP contribution < -0.4 is 10.6 Å². The molecule has 0 heterocycles. The molecule has 0 spiro atoms. The van der Waals surface area contributed by atoms with Crippen LogP contribution in [-0.2, 0) is 4.79 Å². The third-order valence-electron chi connectivity index (χ3n) is 2.00. The summed E-state index contributed by atoms with van der Waals surface area (Å²) < 4.78 is 0. The van der Waals surface area contributed by atoms with E-state index in [1.54, 1.807) is 0 Å². The molecule has 0 atom stereocenters. The van der Waals surface area contributed by atoms with Gasteiger partial charge in [-0.05, 0) is 31.7 Å². The summed E-state index contributed by atoms with van der Waals surface area (Å²) >= 11 is 0. The molecule has 0 unspecified atom stereocenters. The van der Waals surface area contributed by atoms with Gasteiger partial charge in [-0.25, -0.2) is 0 Å². The van der Waals surface area contributed by atoms with Gasteiger partial charge in [-0.15, -0.1) is 0 Å². The lowest BCUT2D eigenvalue weighted by Gasteiger charge is -2.04. The standard InChI is InChI=1S/C9H18N2O/c1-2-5-10-7-9(12)11-6-8-3-4-8/h8,10H,2-7H2,1H3,(H,11,12). The third kappa shape index (κ3) is 4.34. The molecule has 1 aliphatic rings. The predicted molar refractivity (Wildman–Crippen MR) is 48.9 cm³/mol. The molecular weight excluding hydrogens is 152 g/mol. The lowest BCUT2D eigenvalue weighted by Crippen LogP contribution is -2.35. The van der Waals surface area contributed by atoms with Crippen molar-refractivity contribution in [2.24, 2.45) is 5.92 Å². The van der Waals surface area contributed by atoms with Crippen molar-refractivity contribution in [1.82, 2.24) is 10.6 Å². The lowest BCUT2D eigenvalue weighted by molar-refractivity contribution is -0.120. The van der Waals surface area contributed by atoms with Gasteiger partial charge in [0.1, 0.15) is 0 Å². The second-order valence-corrected chi connectivity index (χ2v) is 3.42. The number of carbonyl (C=O) groups is 1. The average molecular weight is 170 g/mol. The van der Waals surface area contributed by atoms with Crippen molar-refractivity contribution in [2.45, 2.75) is 26.2 Å². The molecule has 0 saturated heterocycles. The Hall–Kier alpha value is -0.570. The Morgan fingerprint density at radius 1 is 1.50 bits per heavy atom. The van der Waals surface area contributed by atoms with Crippen molar-refractivity contribution >= 4 is 5.91 Å². The number of amides is 1. The van der Waals surface area contributed by atoms with Gasteiger partial charge < -0.3 is 10.6 Å². The molecule has 1 fully saturated rings. The number of hydrogen-bond acceptors (Lipinski definition) is 2. The summed E-state index contributed by atoms with van der Waals surface area (Å²) in [6.07, 6.45) is 3.67. The highest BCUT2D eigenvalue weighted by atomic mass is 16.1. The monoisotopic (exact) mass is 170 g/mol. The molecule has 1 amide bonds. The van der Waals surface area contributed by atoms with Crippen molar-refractivity contribution in [3.05, 3.63) is 0 Å². The van der Waals surface area contributed by atoms with E-state index < -0.39 is 0 Å². The zero-order valence-electron chi connectivity index (χ0n) is 7.73. The van der Waals surface area contributed by atoms with Crippen LogP contribution in [0.25, 0.3) is 0 Å². The smallest absolute Gasteiger partial charge is 0.233 e. The summed E-state index contributed by atoms with van der Waals surface area (Å²) in [5, 5.41) is 5.97. The fraction of sp³-hybridized carbons (Fsp3) is 0.889. The minimum absolute atomic E-state index is 0.135. The molecule has 0 bridgehead atoms. The Balaban J connectivity index is 1.88. The van der Waals surface area contributed by atoms with Crippen LogP contribution in [0, 0.1) is 5.92 Å². The van der Waals surface area contributed by atoms with Gasteiger partial charge in [-0.2, -0.15) is 0 Å². The maximum Gasteiger partial charge on any atom is 0.233 e. The summed E-state index contributed by atoms with van der Waals surface area (Å²) in [6.45, 7) is 4.37. The second kappa shape index (κ2) is 5.14. The van der Waals surface area contributed by atoms with Crippen LogP contribution >= 0.6 is 0 Å². The molecule has 0 aromatic rings. The Labute approximate surface area is 73.9 Å². The van der Waals surface area contributed by atoms with E-state index in [0.717, 1.165) is 25.4 Å². The zero-order chi connectivity index (χ0) is 8.81. The van der Waals surface area contributed by atoms with Crippen molar-refractivity contribution in [3.63, 3.8) is 0 Å². The molecular formula is C9H18N2O. The number of nitrogens with one attached hydrogen (secondary N) is 2. The molecule has 0 aromatic carbocycles. The first-order valence-electron chi connectivity index (χ1n) is 4.80. The van der Waals surface area contributed by atoms with E-state index in [0.29, 0.717) is 6.54 Å². The highest BCUT2D eigenvalue weighted by molar-refractivity contribution is 5.77. The zero-order valence-corrected chi connectivity index (χ0v) is 7.73. The quantitative estimate of drug-likeness (QED) is 0.570. The molecule has 70 valence electrons. The average Bonchev–Trinajstić information content (AvgIpc) is 2.84. The number of rotatable bonds is 6. The van der Waals surface area contributed by atoms with Crippen LogP contribution in [0.2, 0.25) is 0 Å². The van der Waals surface area contributed by atoms with Gasteiger partial charge in [0.2, 0.25) is 5.91 Å². The van der Waals surface area contributed by atoms with Crippen molar-refractivity contribution in [2.75, 3.05) is 19.6 Å². The Kier molecular flexibility index (Phi) is 4.08. The SMILES string of the molecule is CCCNCC(=O)NCC1CC1. The van der Waals surface area contributed by atoms with Crippen LogP contribution in [0.15, 0.2) is 0 Å². The summed E-state index contributed by atoms with van der Waals surface area (Å²) in [5.74, 6) is 0.912. The Morgan fingerprint density at radius 2 is 2.25 bits per heavy atom. The van der Waals surface area contributed by atoms with Crippen LogP contribution in [0.1, 0.15) is 26.2 Å². The molecule has 1 rings (SSSR count). The van der Waals surface area contributed by atoms with Gasteiger partial charge in [0.25, 0.3) is 0 Å². The van der Waals surface area contributed by atoms with Crippen molar-refractivity contribution < 1.29 is 4.79 Å². The van der Waals surface area contributed by atoms with E-state index in [9.17, 15) is 4.79 Å². The maximum absolute atomic E-state index is 11.1. The minimum atomic E-state index is 0.135.